The molecule has 5 aliphatic rings. The van der Waals surface area contributed by atoms with Gasteiger partial charge in [-0.15, -0.1) is 0 Å². The van der Waals surface area contributed by atoms with Gasteiger partial charge >= 0.3 is 0 Å². The molecule has 0 aromatic rings. The zero-order chi connectivity index (χ0) is 24.7. The van der Waals surface area contributed by atoms with Crippen LogP contribution >= 0.6 is 0 Å². The van der Waals surface area contributed by atoms with E-state index < -0.39 is 35.6 Å². The Morgan fingerprint density at radius 1 is 1.06 bits per heavy atom. The number of likely N-dealkylation sites (tertiary alicyclic amines) is 1. The number of hydrogen-bond donors (Lipinski definition) is 1. The maximum atomic E-state index is 14.3. The van der Waals surface area contributed by atoms with Crippen molar-refractivity contribution < 1.29 is 24.2 Å². The Balaban J connectivity index is 1.59. The van der Waals surface area contributed by atoms with Gasteiger partial charge in [-0.3, -0.25) is 14.4 Å². The van der Waals surface area contributed by atoms with Gasteiger partial charge < -0.3 is 24.5 Å². The van der Waals surface area contributed by atoms with Crippen LogP contribution in [0.5, 0.6) is 0 Å². The Hall–Kier alpha value is -2.19. The molecule has 6 atom stereocenters. The van der Waals surface area contributed by atoms with Crippen LogP contribution in [0.1, 0.15) is 58.8 Å². The van der Waals surface area contributed by atoms with E-state index in [4.69, 9.17) is 4.74 Å². The first-order valence-corrected chi connectivity index (χ1v) is 13.5. The number of nitrogens with zero attached hydrogens (tertiary/aromatic N) is 3. The summed E-state index contributed by atoms with van der Waals surface area (Å²) in [6.07, 6.45) is 13.9. The number of aliphatic hydroxyl groups excluding tert-OH is 1. The molecule has 35 heavy (non-hydrogen) atoms. The van der Waals surface area contributed by atoms with Crippen LogP contribution < -0.4 is 0 Å². The number of amides is 3. The Bertz CT molecular complexity index is 908. The number of carbonyl (C=O) groups excluding carboxylic acids is 3. The first kappa shape index (κ1) is 24.5. The maximum absolute atomic E-state index is 14.3. The van der Waals surface area contributed by atoms with Crippen LogP contribution in [0.25, 0.3) is 0 Å². The van der Waals surface area contributed by atoms with E-state index in [0.717, 1.165) is 32.1 Å². The van der Waals surface area contributed by atoms with Crippen molar-refractivity contribution in [1.29, 1.82) is 0 Å². The average molecular weight is 486 g/mol. The summed E-state index contributed by atoms with van der Waals surface area (Å²) in [4.78, 5) is 47.5. The van der Waals surface area contributed by atoms with Crippen LogP contribution in [0.3, 0.4) is 0 Å². The van der Waals surface area contributed by atoms with E-state index in [2.05, 4.69) is 0 Å². The van der Waals surface area contributed by atoms with Crippen molar-refractivity contribution in [2.24, 2.45) is 11.8 Å². The van der Waals surface area contributed by atoms with Crippen molar-refractivity contribution in [2.45, 2.75) is 88.6 Å². The van der Waals surface area contributed by atoms with E-state index in [1.165, 1.54) is 6.42 Å². The first-order valence-electron chi connectivity index (χ1n) is 13.5. The summed E-state index contributed by atoms with van der Waals surface area (Å²) in [5.74, 6) is -1.88. The molecule has 1 N–H and O–H groups in total. The van der Waals surface area contributed by atoms with E-state index in [9.17, 15) is 19.5 Å². The number of ether oxygens (including phenoxy) is 1. The summed E-state index contributed by atoms with van der Waals surface area (Å²) in [6.45, 7) is 5.32. The second-order valence-electron chi connectivity index (χ2n) is 10.7. The monoisotopic (exact) mass is 485 g/mol. The van der Waals surface area contributed by atoms with Crippen molar-refractivity contribution >= 4 is 17.7 Å². The number of fused-ring (bicyclic) bond motifs is 2. The second kappa shape index (κ2) is 9.69. The molecule has 2 saturated heterocycles. The third kappa shape index (κ3) is 3.75. The van der Waals surface area contributed by atoms with Crippen LogP contribution in [-0.4, -0.2) is 93.6 Å². The van der Waals surface area contributed by atoms with Crippen LogP contribution in [0.15, 0.2) is 24.3 Å². The lowest BCUT2D eigenvalue weighted by molar-refractivity contribution is -0.153. The molecule has 192 valence electrons. The second-order valence-corrected chi connectivity index (χ2v) is 10.7. The lowest BCUT2D eigenvalue weighted by Gasteiger charge is -2.41. The van der Waals surface area contributed by atoms with Gasteiger partial charge in [0.1, 0.15) is 11.6 Å². The minimum atomic E-state index is -1.20. The molecule has 8 nitrogen and oxygen atoms in total. The molecule has 4 aliphatic heterocycles. The highest BCUT2D eigenvalue weighted by atomic mass is 16.5. The van der Waals surface area contributed by atoms with Crippen LogP contribution in [0.4, 0.5) is 0 Å². The summed E-state index contributed by atoms with van der Waals surface area (Å²) < 4.78 is 6.67. The molecule has 4 heterocycles. The molecule has 3 fully saturated rings. The largest absolute Gasteiger partial charge is 0.394 e. The fourth-order valence-corrected chi connectivity index (χ4v) is 7.15. The smallest absolute Gasteiger partial charge is 0.249 e. The van der Waals surface area contributed by atoms with Gasteiger partial charge in [0.2, 0.25) is 17.7 Å². The minimum absolute atomic E-state index is 0.0797. The molecule has 0 aromatic heterocycles. The topological polar surface area (TPSA) is 90.4 Å². The number of aliphatic hydroxyl groups is 1. The number of carbonyl (C=O) groups is 3. The summed E-state index contributed by atoms with van der Waals surface area (Å²) in [7, 11) is 0. The maximum Gasteiger partial charge on any atom is 0.249 e. The Morgan fingerprint density at radius 2 is 1.83 bits per heavy atom. The van der Waals surface area contributed by atoms with Gasteiger partial charge in [0.05, 0.1) is 30.6 Å². The Morgan fingerprint density at radius 3 is 2.51 bits per heavy atom. The van der Waals surface area contributed by atoms with Crippen LogP contribution in [0, 0.1) is 11.8 Å². The number of hydrogen-bond acceptors (Lipinski definition) is 5. The summed E-state index contributed by atoms with van der Waals surface area (Å²) in [5, 5.41) is 10.2. The SMILES string of the molecule is CCCN1CC=C[C@@H]2O[C@]34C=CCN(C5CCCCC5)C(=O)C3N([C@@H](CC)CO)C(=O)[C@@H]4[C@@H]2C1=O. The molecular formula is C27H39N3O5. The molecule has 3 amide bonds. The lowest BCUT2D eigenvalue weighted by Crippen LogP contribution is -2.59. The molecule has 0 aromatic carbocycles. The van der Waals surface area contributed by atoms with Gasteiger partial charge in [0.25, 0.3) is 0 Å². The van der Waals surface area contributed by atoms with Gasteiger partial charge in [0, 0.05) is 25.7 Å². The zero-order valence-electron chi connectivity index (χ0n) is 21.0. The average Bonchev–Trinajstić information content (AvgIpc) is 3.19. The predicted octanol–water partition coefficient (Wildman–Crippen LogP) is 1.88. The minimum Gasteiger partial charge on any atom is -0.394 e. The quantitative estimate of drug-likeness (QED) is 0.580. The van der Waals surface area contributed by atoms with Crippen LogP contribution in [0.2, 0.25) is 0 Å². The molecule has 8 heteroatoms. The summed E-state index contributed by atoms with van der Waals surface area (Å²) >= 11 is 0. The molecule has 5 rings (SSSR count). The highest BCUT2D eigenvalue weighted by Crippen LogP contribution is 2.54. The predicted molar refractivity (Wildman–Crippen MR) is 130 cm³/mol. The molecule has 1 aliphatic carbocycles. The molecule has 0 radical (unpaired) electrons. The lowest BCUT2D eigenvalue weighted by atomic mass is 9.77. The van der Waals surface area contributed by atoms with Gasteiger partial charge in [-0.1, -0.05) is 57.4 Å². The third-order valence-corrected chi connectivity index (χ3v) is 8.80. The summed E-state index contributed by atoms with van der Waals surface area (Å²) in [5.41, 5.74) is -1.20. The fourth-order valence-electron chi connectivity index (χ4n) is 7.15. The molecule has 1 unspecified atom stereocenters. The Kier molecular flexibility index (Phi) is 6.79. The Labute approximate surface area is 207 Å². The van der Waals surface area contributed by atoms with E-state index in [1.807, 2.05) is 43.1 Å². The van der Waals surface area contributed by atoms with Crippen molar-refractivity contribution in [2.75, 3.05) is 26.2 Å². The highest BCUT2D eigenvalue weighted by molar-refractivity contribution is 6.00. The fraction of sp³-hybridized carbons (Fsp3) is 0.741. The molecule has 1 saturated carbocycles. The summed E-state index contributed by atoms with van der Waals surface area (Å²) in [6, 6.07) is -1.22. The molecular weight excluding hydrogens is 446 g/mol. The van der Waals surface area contributed by atoms with Gasteiger partial charge in [-0.05, 0) is 25.7 Å². The van der Waals surface area contributed by atoms with Crippen molar-refractivity contribution in [1.82, 2.24) is 14.7 Å². The van der Waals surface area contributed by atoms with Crippen molar-refractivity contribution in [3.63, 3.8) is 0 Å². The molecule has 0 bridgehead atoms. The first-order chi connectivity index (χ1) is 17.0. The van der Waals surface area contributed by atoms with E-state index in [1.54, 1.807) is 9.80 Å². The third-order valence-electron chi connectivity index (χ3n) is 8.80. The zero-order valence-corrected chi connectivity index (χ0v) is 21.0. The van der Waals surface area contributed by atoms with Gasteiger partial charge in [-0.2, -0.15) is 0 Å². The van der Waals surface area contributed by atoms with E-state index in [-0.39, 0.29) is 30.4 Å². The van der Waals surface area contributed by atoms with Crippen LogP contribution in [-0.2, 0) is 19.1 Å². The normalized spacial score (nSPS) is 36.2. The molecule has 1 spiro atoms. The van der Waals surface area contributed by atoms with Gasteiger partial charge in [0.15, 0.2) is 0 Å². The number of rotatable bonds is 6. The highest BCUT2D eigenvalue weighted by Gasteiger charge is 2.72. The van der Waals surface area contributed by atoms with E-state index in [0.29, 0.717) is 26.1 Å². The van der Waals surface area contributed by atoms with Crippen molar-refractivity contribution in [3.8, 4) is 0 Å². The standard InChI is InChI=1S/C27H39N3O5/c1-3-14-28-15-8-12-20-21(24(28)32)22-25(33)30(18(4-2)17-31)23-26(34)29(19-10-6-5-7-11-19)16-9-13-27(22,23)35-20/h8-9,12-13,18-23,31H,3-7,10-11,14-17H2,1-2H3/t18-,20-,21+,22-,23?,27-/m0/s1. The van der Waals surface area contributed by atoms with E-state index >= 15 is 0 Å². The van der Waals surface area contributed by atoms with Crippen molar-refractivity contribution in [3.05, 3.63) is 24.3 Å². The van der Waals surface area contributed by atoms with Gasteiger partial charge in [-0.25, -0.2) is 0 Å².